The zero-order chi connectivity index (χ0) is 15.1. The fourth-order valence-electron chi connectivity index (χ4n) is 1.58. The average Bonchev–Trinajstić information content (AvgIpc) is 2.40. The Hall–Kier alpha value is -1.60. The van der Waals surface area contributed by atoms with E-state index in [-0.39, 0.29) is 13.0 Å². The third kappa shape index (κ3) is 5.18. The Kier molecular flexibility index (Phi) is 6.47. The number of carboxylic acids is 1. The van der Waals surface area contributed by atoms with Crippen molar-refractivity contribution < 1.29 is 19.8 Å². The van der Waals surface area contributed by atoms with Crippen molar-refractivity contribution in [3.8, 4) is 0 Å². The van der Waals surface area contributed by atoms with E-state index in [1.54, 1.807) is 7.05 Å². The molecule has 2 amide bonds. The second-order valence-electron chi connectivity index (χ2n) is 4.34. The molecule has 0 radical (unpaired) electrons. The van der Waals surface area contributed by atoms with Crippen LogP contribution in [0.4, 0.5) is 4.79 Å². The second kappa shape index (κ2) is 7.86. The first-order valence-corrected chi connectivity index (χ1v) is 6.83. The first-order valence-electron chi connectivity index (χ1n) is 6.03. The van der Waals surface area contributed by atoms with Gasteiger partial charge in [-0.15, -0.1) is 0 Å². The van der Waals surface area contributed by atoms with Gasteiger partial charge in [-0.1, -0.05) is 28.1 Å². The number of nitrogens with one attached hydrogen (secondary N) is 1. The molecule has 0 aliphatic carbocycles. The molecule has 0 aromatic heterocycles. The number of rotatable bonds is 6. The van der Waals surface area contributed by atoms with Crippen molar-refractivity contribution in [2.75, 3.05) is 13.7 Å². The minimum Gasteiger partial charge on any atom is -0.480 e. The van der Waals surface area contributed by atoms with Gasteiger partial charge < -0.3 is 20.4 Å². The molecule has 0 saturated heterocycles. The van der Waals surface area contributed by atoms with E-state index in [2.05, 4.69) is 21.2 Å². The topological polar surface area (TPSA) is 89.9 Å². The molecule has 0 aliphatic heterocycles. The molecule has 0 fully saturated rings. The highest BCUT2D eigenvalue weighted by molar-refractivity contribution is 9.10. The van der Waals surface area contributed by atoms with E-state index in [4.69, 9.17) is 10.2 Å². The number of carbonyl (C=O) groups excluding carboxylic acids is 1. The van der Waals surface area contributed by atoms with Crippen LogP contribution in [0.2, 0.25) is 0 Å². The van der Waals surface area contributed by atoms with Crippen LogP contribution in [0.5, 0.6) is 0 Å². The van der Waals surface area contributed by atoms with Crippen molar-refractivity contribution >= 4 is 27.9 Å². The summed E-state index contributed by atoms with van der Waals surface area (Å²) in [5.41, 5.74) is 0.930. The predicted molar refractivity (Wildman–Crippen MR) is 77.3 cm³/mol. The van der Waals surface area contributed by atoms with Crippen LogP contribution in [0.3, 0.4) is 0 Å². The maximum absolute atomic E-state index is 11.9. The second-order valence-corrected chi connectivity index (χ2v) is 5.25. The normalized spacial score (nSPS) is 11.8. The molecule has 6 nitrogen and oxygen atoms in total. The molecular formula is C13H17BrN2O4. The van der Waals surface area contributed by atoms with Gasteiger partial charge in [0.2, 0.25) is 0 Å². The zero-order valence-electron chi connectivity index (χ0n) is 11.0. The Morgan fingerprint density at radius 1 is 1.35 bits per heavy atom. The van der Waals surface area contributed by atoms with Gasteiger partial charge in [0.05, 0.1) is 0 Å². The molecule has 0 saturated carbocycles. The number of aliphatic hydroxyl groups is 1. The molecule has 110 valence electrons. The number of carbonyl (C=O) groups is 2. The summed E-state index contributed by atoms with van der Waals surface area (Å²) in [5, 5.41) is 20.0. The minimum absolute atomic E-state index is 0.0206. The van der Waals surface area contributed by atoms with E-state index >= 15 is 0 Å². The van der Waals surface area contributed by atoms with Gasteiger partial charge >= 0.3 is 12.0 Å². The van der Waals surface area contributed by atoms with Gasteiger partial charge in [-0.25, -0.2) is 9.59 Å². The lowest BCUT2D eigenvalue weighted by molar-refractivity contribution is -0.139. The predicted octanol–water partition coefficient (Wildman–Crippen LogP) is 1.43. The van der Waals surface area contributed by atoms with E-state index in [1.165, 1.54) is 4.90 Å². The largest absolute Gasteiger partial charge is 0.480 e. The summed E-state index contributed by atoms with van der Waals surface area (Å²) >= 11 is 3.32. The van der Waals surface area contributed by atoms with Crippen molar-refractivity contribution in [2.24, 2.45) is 0 Å². The summed E-state index contributed by atoms with van der Waals surface area (Å²) in [5.74, 6) is -1.16. The summed E-state index contributed by atoms with van der Waals surface area (Å²) in [6.45, 7) is 0.0677. The van der Waals surface area contributed by atoms with E-state index in [1.807, 2.05) is 24.3 Å². The highest BCUT2D eigenvalue weighted by Crippen LogP contribution is 2.11. The quantitative estimate of drug-likeness (QED) is 0.728. The number of aliphatic hydroxyl groups excluding tert-OH is 1. The molecule has 0 spiro atoms. The van der Waals surface area contributed by atoms with Gasteiger partial charge in [-0.05, 0) is 17.7 Å². The number of aliphatic carboxylic acids is 1. The summed E-state index contributed by atoms with van der Waals surface area (Å²) in [7, 11) is 1.58. The van der Waals surface area contributed by atoms with Gasteiger partial charge in [0.25, 0.3) is 0 Å². The van der Waals surface area contributed by atoms with Crippen LogP contribution in [0, 0.1) is 0 Å². The van der Waals surface area contributed by atoms with Gasteiger partial charge in [0, 0.05) is 31.1 Å². The van der Waals surface area contributed by atoms with Gasteiger partial charge in [-0.3, -0.25) is 0 Å². The molecule has 0 unspecified atom stereocenters. The van der Waals surface area contributed by atoms with Crippen LogP contribution >= 0.6 is 15.9 Å². The molecule has 20 heavy (non-hydrogen) atoms. The van der Waals surface area contributed by atoms with E-state index < -0.39 is 18.0 Å². The van der Waals surface area contributed by atoms with Crippen LogP contribution in [-0.2, 0) is 11.3 Å². The van der Waals surface area contributed by atoms with Gasteiger partial charge in [0.15, 0.2) is 0 Å². The first kappa shape index (κ1) is 16.5. The zero-order valence-corrected chi connectivity index (χ0v) is 12.6. The highest BCUT2D eigenvalue weighted by Gasteiger charge is 2.21. The number of nitrogens with zero attached hydrogens (tertiary/aromatic N) is 1. The number of amides is 2. The Balaban J connectivity index is 2.57. The third-order valence-electron chi connectivity index (χ3n) is 2.69. The lowest BCUT2D eigenvalue weighted by Crippen LogP contribution is -2.46. The Bertz CT molecular complexity index is 464. The Labute approximate surface area is 125 Å². The minimum atomic E-state index is -1.16. The summed E-state index contributed by atoms with van der Waals surface area (Å²) in [6, 6.07) is 5.90. The van der Waals surface area contributed by atoms with E-state index in [9.17, 15) is 9.59 Å². The summed E-state index contributed by atoms with van der Waals surface area (Å²) < 4.78 is 0.947. The van der Waals surface area contributed by atoms with Gasteiger partial charge in [-0.2, -0.15) is 0 Å². The monoisotopic (exact) mass is 344 g/mol. The van der Waals surface area contributed by atoms with Crippen molar-refractivity contribution in [3.05, 3.63) is 34.3 Å². The number of hydrogen-bond acceptors (Lipinski definition) is 3. The summed E-state index contributed by atoms with van der Waals surface area (Å²) in [6.07, 6.45) is -0.0206. The Morgan fingerprint density at radius 2 is 1.95 bits per heavy atom. The van der Waals surface area contributed by atoms with E-state index in [0.717, 1.165) is 10.0 Å². The molecule has 1 aromatic rings. The van der Waals surface area contributed by atoms with Crippen LogP contribution in [0.25, 0.3) is 0 Å². The molecule has 0 bridgehead atoms. The summed E-state index contributed by atoms with van der Waals surface area (Å²) in [4.78, 5) is 24.1. The molecule has 1 rings (SSSR count). The maximum atomic E-state index is 11.9. The molecule has 1 atom stereocenters. The van der Waals surface area contributed by atoms with Crippen molar-refractivity contribution in [3.63, 3.8) is 0 Å². The molecule has 0 aliphatic rings. The van der Waals surface area contributed by atoms with Crippen molar-refractivity contribution in [1.29, 1.82) is 0 Å². The SMILES string of the molecule is CN(Cc1ccc(Br)cc1)C(=O)N[C@H](CCO)C(=O)O. The number of carboxylic acid groups (broad SMARTS) is 1. The molecule has 7 heteroatoms. The van der Waals surface area contributed by atoms with Crippen LogP contribution in [-0.4, -0.2) is 46.8 Å². The lowest BCUT2D eigenvalue weighted by atomic mass is 10.2. The lowest BCUT2D eigenvalue weighted by Gasteiger charge is -2.21. The highest BCUT2D eigenvalue weighted by atomic mass is 79.9. The van der Waals surface area contributed by atoms with Crippen LogP contribution in [0.15, 0.2) is 28.7 Å². The third-order valence-corrected chi connectivity index (χ3v) is 3.22. The van der Waals surface area contributed by atoms with Gasteiger partial charge in [0.1, 0.15) is 6.04 Å². The van der Waals surface area contributed by atoms with Crippen molar-refractivity contribution in [1.82, 2.24) is 10.2 Å². The van der Waals surface area contributed by atoms with E-state index in [0.29, 0.717) is 6.54 Å². The molecule has 1 aromatic carbocycles. The number of halogens is 1. The van der Waals surface area contributed by atoms with Crippen molar-refractivity contribution in [2.45, 2.75) is 19.0 Å². The number of benzene rings is 1. The van der Waals surface area contributed by atoms with Crippen LogP contribution < -0.4 is 5.32 Å². The number of urea groups is 1. The fraction of sp³-hybridized carbons (Fsp3) is 0.385. The standard InChI is InChI=1S/C13H17BrN2O4/c1-16(8-9-2-4-10(14)5-3-9)13(20)15-11(6-7-17)12(18)19/h2-5,11,17H,6-8H2,1H3,(H,15,20)(H,18,19)/t11-/m1/s1. The molecule has 3 N–H and O–H groups in total. The molecular weight excluding hydrogens is 328 g/mol. The molecule has 0 heterocycles. The Morgan fingerprint density at radius 3 is 2.45 bits per heavy atom. The maximum Gasteiger partial charge on any atom is 0.326 e. The van der Waals surface area contributed by atoms with Crippen LogP contribution in [0.1, 0.15) is 12.0 Å². The average molecular weight is 345 g/mol. The first-order chi connectivity index (χ1) is 9.43. The number of hydrogen-bond donors (Lipinski definition) is 3. The smallest absolute Gasteiger partial charge is 0.326 e. The fourth-order valence-corrected chi connectivity index (χ4v) is 1.85.